The average molecular weight is 287 g/mol. The maximum Gasteiger partial charge on any atom is 0.223 e. The van der Waals surface area contributed by atoms with Crippen LogP contribution in [0.1, 0.15) is 63.9 Å². The number of hydrogen-bond acceptors (Lipinski definition) is 1. The van der Waals surface area contributed by atoms with E-state index in [1.54, 1.807) is 0 Å². The lowest BCUT2D eigenvalue weighted by Crippen LogP contribution is -2.24. The molecule has 2 heteroatoms. The van der Waals surface area contributed by atoms with E-state index in [2.05, 4.69) is 24.4 Å². The van der Waals surface area contributed by atoms with Gasteiger partial charge in [0.05, 0.1) is 0 Å². The number of carbonyl (C=O) groups is 1. The van der Waals surface area contributed by atoms with Gasteiger partial charge >= 0.3 is 0 Å². The summed E-state index contributed by atoms with van der Waals surface area (Å²) in [7, 11) is 0. The minimum atomic E-state index is 0.259. The predicted molar refractivity (Wildman–Crippen MR) is 87.9 cm³/mol. The Morgan fingerprint density at radius 3 is 2.57 bits per heavy atom. The summed E-state index contributed by atoms with van der Waals surface area (Å²) in [6.07, 6.45) is 10.4. The zero-order chi connectivity index (χ0) is 14.9. The first kappa shape index (κ1) is 16.1. The Morgan fingerprint density at radius 2 is 1.81 bits per heavy atom. The topological polar surface area (TPSA) is 29.1 Å². The molecule has 2 nitrogen and oxygen atoms in total. The van der Waals surface area contributed by atoms with E-state index < -0.39 is 0 Å². The number of unbranched alkanes of at least 4 members (excludes halogenated alkanes) is 5. The molecule has 1 aliphatic rings. The molecule has 0 heterocycles. The summed E-state index contributed by atoms with van der Waals surface area (Å²) in [5, 5.41) is 3.07. The van der Waals surface area contributed by atoms with E-state index in [1.807, 2.05) is 18.2 Å². The Balaban J connectivity index is 1.53. The van der Waals surface area contributed by atoms with Gasteiger partial charge in [0.25, 0.3) is 0 Å². The van der Waals surface area contributed by atoms with Gasteiger partial charge in [0.1, 0.15) is 0 Å². The van der Waals surface area contributed by atoms with Gasteiger partial charge in [-0.3, -0.25) is 4.79 Å². The minimum Gasteiger partial charge on any atom is -0.352 e. The molecule has 1 amide bonds. The molecule has 1 fully saturated rings. The Kier molecular flexibility index (Phi) is 6.78. The van der Waals surface area contributed by atoms with Gasteiger partial charge in [0, 0.05) is 12.5 Å². The van der Waals surface area contributed by atoms with Crippen LogP contribution in [0.5, 0.6) is 0 Å². The number of nitrogens with one attached hydrogen (secondary N) is 1. The number of hydrogen-bond donors (Lipinski definition) is 1. The van der Waals surface area contributed by atoms with Gasteiger partial charge in [-0.25, -0.2) is 0 Å². The lowest BCUT2D eigenvalue weighted by atomic mass is 10.1. The van der Waals surface area contributed by atoms with Gasteiger partial charge in [-0.05, 0) is 24.3 Å². The standard InChI is InChI=1S/C19H29NO/c1-2-3-4-5-6-10-13-17-14-18(17)19(21)20-15-16-11-8-7-9-12-16/h7-9,11-12,17-18H,2-6,10,13-15H2,1H3,(H,20,21)/t17-,18+/m0/s1. The number of rotatable bonds is 10. The van der Waals surface area contributed by atoms with Crippen molar-refractivity contribution in [1.82, 2.24) is 5.32 Å². The lowest BCUT2D eigenvalue weighted by molar-refractivity contribution is -0.122. The second-order valence-corrected chi connectivity index (χ2v) is 6.36. The largest absolute Gasteiger partial charge is 0.352 e. The highest BCUT2D eigenvalue weighted by Crippen LogP contribution is 2.42. The van der Waals surface area contributed by atoms with Crippen LogP contribution in [0.25, 0.3) is 0 Å². The average Bonchev–Trinajstić information content (AvgIpc) is 3.29. The fraction of sp³-hybridized carbons (Fsp3) is 0.632. The second kappa shape index (κ2) is 8.86. The zero-order valence-electron chi connectivity index (χ0n) is 13.3. The van der Waals surface area contributed by atoms with Crippen LogP contribution in [0.3, 0.4) is 0 Å². The van der Waals surface area contributed by atoms with E-state index in [9.17, 15) is 4.79 Å². The quantitative estimate of drug-likeness (QED) is 0.621. The van der Waals surface area contributed by atoms with Crippen LogP contribution in [-0.4, -0.2) is 5.91 Å². The van der Waals surface area contributed by atoms with E-state index in [0.717, 1.165) is 6.42 Å². The summed E-state index contributed by atoms with van der Waals surface area (Å²) in [6.45, 7) is 2.92. The Morgan fingerprint density at radius 1 is 1.10 bits per heavy atom. The van der Waals surface area contributed by atoms with Gasteiger partial charge in [0.2, 0.25) is 5.91 Å². The maximum atomic E-state index is 12.1. The molecule has 2 atom stereocenters. The smallest absolute Gasteiger partial charge is 0.223 e. The molecule has 1 saturated carbocycles. The van der Waals surface area contributed by atoms with Gasteiger partial charge in [-0.15, -0.1) is 0 Å². The molecule has 116 valence electrons. The molecule has 1 N–H and O–H groups in total. The monoisotopic (exact) mass is 287 g/mol. The fourth-order valence-corrected chi connectivity index (χ4v) is 2.99. The van der Waals surface area contributed by atoms with E-state index >= 15 is 0 Å². The van der Waals surface area contributed by atoms with Gasteiger partial charge < -0.3 is 5.32 Å². The van der Waals surface area contributed by atoms with Crippen LogP contribution >= 0.6 is 0 Å². The van der Waals surface area contributed by atoms with Crippen LogP contribution < -0.4 is 5.32 Å². The molecule has 1 aliphatic carbocycles. The first-order valence-electron chi connectivity index (χ1n) is 8.63. The number of carbonyl (C=O) groups excluding carboxylic acids is 1. The van der Waals surface area contributed by atoms with Crippen molar-refractivity contribution in [2.24, 2.45) is 11.8 Å². The molecular weight excluding hydrogens is 258 g/mol. The van der Waals surface area contributed by atoms with E-state index in [4.69, 9.17) is 0 Å². The van der Waals surface area contributed by atoms with Crippen LogP contribution in [-0.2, 0) is 11.3 Å². The van der Waals surface area contributed by atoms with E-state index in [0.29, 0.717) is 18.4 Å². The van der Waals surface area contributed by atoms with Crippen LogP contribution in [0.15, 0.2) is 30.3 Å². The third kappa shape index (κ3) is 5.91. The number of amides is 1. The summed E-state index contributed by atoms with van der Waals surface area (Å²) in [5.74, 6) is 1.21. The maximum absolute atomic E-state index is 12.1. The lowest BCUT2D eigenvalue weighted by Gasteiger charge is -2.05. The first-order chi connectivity index (χ1) is 10.3. The molecule has 21 heavy (non-hydrogen) atoms. The predicted octanol–water partition coefficient (Wildman–Crippen LogP) is 4.69. The molecule has 0 aromatic heterocycles. The van der Waals surface area contributed by atoms with E-state index in [1.165, 1.54) is 50.5 Å². The van der Waals surface area contributed by atoms with Crippen LogP contribution in [0, 0.1) is 11.8 Å². The second-order valence-electron chi connectivity index (χ2n) is 6.36. The summed E-state index contributed by atoms with van der Waals surface area (Å²) in [6, 6.07) is 10.1. The summed E-state index contributed by atoms with van der Waals surface area (Å²) in [5.41, 5.74) is 1.18. The molecule has 0 unspecified atom stereocenters. The summed E-state index contributed by atoms with van der Waals surface area (Å²) < 4.78 is 0. The fourth-order valence-electron chi connectivity index (χ4n) is 2.99. The molecule has 0 bridgehead atoms. The molecule has 1 aromatic carbocycles. The third-order valence-corrected chi connectivity index (χ3v) is 4.50. The molecule has 1 aromatic rings. The van der Waals surface area contributed by atoms with Gasteiger partial charge in [-0.2, -0.15) is 0 Å². The van der Waals surface area contributed by atoms with E-state index in [-0.39, 0.29) is 5.91 Å². The molecular formula is C19H29NO. The Bertz CT molecular complexity index is 415. The van der Waals surface area contributed by atoms with Crippen LogP contribution in [0.2, 0.25) is 0 Å². The zero-order valence-corrected chi connectivity index (χ0v) is 13.3. The highest BCUT2D eigenvalue weighted by molar-refractivity contribution is 5.81. The van der Waals surface area contributed by atoms with Crippen molar-refractivity contribution >= 4 is 5.91 Å². The van der Waals surface area contributed by atoms with Gasteiger partial charge in [0.15, 0.2) is 0 Å². The molecule has 2 rings (SSSR count). The van der Waals surface area contributed by atoms with Crippen molar-refractivity contribution in [1.29, 1.82) is 0 Å². The molecule has 0 spiro atoms. The number of benzene rings is 1. The van der Waals surface area contributed by atoms with Crippen molar-refractivity contribution in [3.63, 3.8) is 0 Å². The molecule has 0 aliphatic heterocycles. The van der Waals surface area contributed by atoms with Crippen molar-refractivity contribution in [2.45, 2.75) is 64.8 Å². The molecule has 0 radical (unpaired) electrons. The third-order valence-electron chi connectivity index (χ3n) is 4.50. The van der Waals surface area contributed by atoms with Gasteiger partial charge in [-0.1, -0.05) is 75.8 Å². The van der Waals surface area contributed by atoms with Crippen molar-refractivity contribution in [3.05, 3.63) is 35.9 Å². The Hall–Kier alpha value is -1.31. The highest BCUT2D eigenvalue weighted by atomic mass is 16.2. The van der Waals surface area contributed by atoms with Crippen LogP contribution in [0.4, 0.5) is 0 Å². The van der Waals surface area contributed by atoms with Crippen molar-refractivity contribution in [3.8, 4) is 0 Å². The summed E-state index contributed by atoms with van der Waals surface area (Å²) in [4.78, 5) is 12.1. The first-order valence-corrected chi connectivity index (χ1v) is 8.63. The van der Waals surface area contributed by atoms with Crippen molar-refractivity contribution < 1.29 is 4.79 Å². The highest BCUT2D eigenvalue weighted by Gasteiger charge is 2.41. The summed E-state index contributed by atoms with van der Waals surface area (Å²) >= 11 is 0. The SMILES string of the molecule is CCCCCCCC[C@H]1C[C@H]1C(=O)NCc1ccccc1. The minimum absolute atomic E-state index is 0.259. The molecule has 0 saturated heterocycles. The Labute approximate surface area is 129 Å². The van der Waals surface area contributed by atoms with Crippen molar-refractivity contribution in [2.75, 3.05) is 0 Å². The normalized spacial score (nSPS) is 20.2.